The fourth-order valence-electron chi connectivity index (χ4n) is 3.86. The molecule has 1 aromatic carbocycles. The topological polar surface area (TPSA) is 74.3 Å². The highest BCUT2D eigenvalue weighted by molar-refractivity contribution is 6.30. The van der Waals surface area contributed by atoms with E-state index in [1.165, 1.54) is 9.13 Å². The molecular weight excluding hydrogens is 394 g/mol. The zero-order valence-corrected chi connectivity index (χ0v) is 17.5. The number of aromatic nitrogens is 4. The second kappa shape index (κ2) is 7.68. The molecule has 0 saturated carbocycles. The molecule has 0 amide bonds. The maximum Gasteiger partial charge on any atom is 0.332 e. The maximum absolute atomic E-state index is 13.2. The van der Waals surface area contributed by atoms with E-state index in [-0.39, 0.29) is 23.7 Å². The highest BCUT2D eigenvalue weighted by Gasteiger charge is 2.29. The van der Waals surface area contributed by atoms with Crippen LogP contribution in [0.4, 0.5) is 11.6 Å². The molecule has 3 heterocycles. The van der Waals surface area contributed by atoms with Crippen LogP contribution >= 0.6 is 11.6 Å². The van der Waals surface area contributed by atoms with Crippen LogP contribution in [0.15, 0.2) is 33.9 Å². The van der Waals surface area contributed by atoms with Crippen LogP contribution in [0.25, 0.3) is 11.2 Å². The summed E-state index contributed by atoms with van der Waals surface area (Å²) in [6.45, 7) is 6.46. The first-order valence-corrected chi connectivity index (χ1v) is 10.1. The predicted octanol–water partition coefficient (Wildman–Crippen LogP) is 2.37. The molecule has 0 spiro atoms. The zero-order valence-electron chi connectivity index (χ0n) is 16.8. The van der Waals surface area contributed by atoms with Crippen molar-refractivity contribution in [2.24, 2.45) is 13.0 Å². The summed E-state index contributed by atoms with van der Waals surface area (Å²) >= 11 is 6.19. The van der Waals surface area contributed by atoms with Gasteiger partial charge in [-0.1, -0.05) is 24.6 Å². The number of fused-ring (bicyclic) bond motifs is 3. The lowest BCUT2D eigenvalue weighted by molar-refractivity contribution is 0.137. The second-order valence-electron chi connectivity index (χ2n) is 7.39. The molecular formula is C20H24ClN5O3. The van der Waals surface area contributed by atoms with Crippen LogP contribution in [0.2, 0.25) is 5.02 Å². The lowest BCUT2D eigenvalue weighted by Crippen LogP contribution is -2.41. The summed E-state index contributed by atoms with van der Waals surface area (Å²) in [5, 5.41) is 0.633. The predicted molar refractivity (Wildman–Crippen MR) is 113 cm³/mol. The van der Waals surface area contributed by atoms with Crippen LogP contribution in [0.3, 0.4) is 0 Å². The molecule has 1 aliphatic rings. The molecule has 1 atom stereocenters. The minimum absolute atomic E-state index is 0.212. The van der Waals surface area contributed by atoms with Gasteiger partial charge in [-0.3, -0.25) is 13.9 Å². The molecule has 0 fully saturated rings. The van der Waals surface area contributed by atoms with Crippen molar-refractivity contribution in [3.63, 3.8) is 0 Å². The molecule has 2 aromatic heterocycles. The van der Waals surface area contributed by atoms with Gasteiger partial charge in [0.1, 0.15) is 0 Å². The van der Waals surface area contributed by atoms with E-state index in [9.17, 15) is 9.59 Å². The van der Waals surface area contributed by atoms with Gasteiger partial charge in [-0.15, -0.1) is 0 Å². The summed E-state index contributed by atoms with van der Waals surface area (Å²) in [5.41, 5.74) is 1.02. The van der Waals surface area contributed by atoms with Crippen LogP contribution in [0.1, 0.15) is 13.8 Å². The van der Waals surface area contributed by atoms with Gasteiger partial charge < -0.3 is 14.2 Å². The number of nitrogens with zero attached hydrogens (tertiary/aromatic N) is 5. The van der Waals surface area contributed by atoms with E-state index in [0.717, 1.165) is 12.2 Å². The Balaban J connectivity index is 1.93. The molecule has 0 aliphatic carbocycles. The van der Waals surface area contributed by atoms with Crippen LogP contribution in [-0.2, 0) is 24.9 Å². The van der Waals surface area contributed by atoms with Crippen molar-refractivity contribution < 1.29 is 4.74 Å². The normalized spacial score (nSPS) is 16.4. The Kier molecular flexibility index (Phi) is 5.23. The molecule has 0 radical (unpaired) electrons. The zero-order chi connectivity index (χ0) is 20.7. The SMILES string of the molecule is CCOCCn1c(=O)c2c(nc3n2C[C@H](C)CN3c2cccc(Cl)c2)n(C)c1=O. The average molecular weight is 418 g/mol. The number of imidazole rings is 1. The number of halogens is 1. The number of benzene rings is 1. The maximum atomic E-state index is 13.2. The Morgan fingerprint density at radius 2 is 2.07 bits per heavy atom. The van der Waals surface area contributed by atoms with Crippen molar-refractivity contribution in [3.05, 3.63) is 50.1 Å². The molecule has 0 N–H and O–H groups in total. The largest absolute Gasteiger partial charge is 0.380 e. The second-order valence-corrected chi connectivity index (χ2v) is 7.82. The lowest BCUT2D eigenvalue weighted by atomic mass is 10.1. The summed E-state index contributed by atoms with van der Waals surface area (Å²) < 4.78 is 9.94. The Morgan fingerprint density at radius 1 is 1.28 bits per heavy atom. The molecule has 29 heavy (non-hydrogen) atoms. The van der Waals surface area contributed by atoms with Gasteiger partial charge in [0, 0.05) is 37.5 Å². The van der Waals surface area contributed by atoms with E-state index in [2.05, 4.69) is 11.8 Å². The van der Waals surface area contributed by atoms with Crippen LogP contribution in [0, 0.1) is 5.92 Å². The molecule has 154 valence electrons. The van der Waals surface area contributed by atoms with Crippen molar-refractivity contribution in [2.45, 2.75) is 26.9 Å². The average Bonchev–Trinajstić information content (AvgIpc) is 3.08. The van der Waals surface area contributed by atoms with E-state index in [0.29, 0.717) is 41.9 Å². The molecule has 8 nitrogen and oxygen atoms in total. The first-order chi connectivity index (χ1) is 13.9. The number of ether oxygens (including phenoxy) is 1. The monoisotopic (exact) mass is 417 g/mol. The third-order valence-electron chi connectivity index (χ3n) is 5.23. The Morgan fingerprint density at radius 3 is 2.79 bits per heavy atom. The first kappa shape index (κ1) is 19.7. The smallest absolute Gasteiger partial charge is 0.332 e. The summed E-state index contributed by atoms with van der Waals surface area (Å²) in [6.07, 6.45) is 0. The van der Waals surface area contributed by atoms with Gasteiger partial charge in [0.15, 0.2) is 11.2 Å². The molecule has 1 aliphatic heterocycles. The lowest BCUT2D eigenvalue weighted by Gasteiger charge is -2.33. The summed E-state index contributed by atoms with van der Waals surface area (Å²) in [4.78, 5) is 32.7. The number of aryl methyl sites for hydroxylation is 1. The highest BCUT2D eigenvalue weighted by Crippen LogP contribution is 2.33. The van der Waals surface area contributed by atoms with Crippen LogP contribution in [0.5, 0.6) is 0 Å². The number of anilines is 2. The summed E-state index contributed by atoms with van der Waals surface area (Å²) in [7, 11) is 1.65. The van der Waals surface area contributed by atoms with Crippen molar-refractivity contribution >= 4 is 34.4 Å². The van der Waals surface area contributed by atoms with Gasteiger partial charge in [0.05, 0.1) is 13.2 Å². The fourth-order valence-corrected chi connectivity index (χ4v) is 4.05. The fraction of sp³-hybridized carbons (Fsp3) is 0.450. The number of rotatable bonds is 5. The molecule has 0 unspecified atom stereocenters. The quantitative estimate of drug-likeness (QED) is 0.596. The molecule has 9 heteroatoms. The van der Waals surface area contributed by atoms with Gasteiger partial charge in [-0.2, -0.15) is 4.98 Å². The summed E-state index contributed by atoms with van der Waals surface area (Å²) in [6, 6.07) is 7.55. The van der Waals surface area contributed by atoms with Gasteiger partial charge >= 0.3 is 5.69 Å². The molecule has 4 rings (SSSR count). The van der Waals surface area contributed by atoms with Gasteiger partial charge in [0.25, 0.3) is 5.56 Å². The van der Waals surface area contributed by atoms with Gasteiger partial charge in [-0.25, -0.2) is 4.79 Å². The van der Waals surface area contributed by atoms with E-state index in [1.807, 2.05) is 35.8 Å². The van der Waals surface area contributed by atoms with Crippen molar-refractivity contribution in [1.29, 1.82) is 0 Å². The van der Waals surface area contributed by atoms with Crippen LogP contribution < -0.4 is 16.1 Å². The van der Waals surface area contributed by atoms with Crippen molar-refractivity contribution in [1.82, 2.24) is 18.7 Å². The van der Waals surface area contributed by atoms with E-state index in [1.54, 1.807) is 7.05 Å². The number of hydrogen-bond acceptors (Lipinski definition) is 5. The van der Waals surface area contributed by atoms with Crippen LogP contribution in [-0.4, -0.2) is 38.4 Å². The third-order valence-corrected chi connectivity index (χ3v) is 5.46. The molecule has 0 saturated heterocycles. The van der Waals surface area contributed by atoms with E-state index >= 15 is 0 Å². The molecule has 0 bridgehead atoms. The minimum atomic E-state index is -0.389. The van der Waals surface area contributed by atoms with Crippen molar-refractivity contribution in [3.8, 4) is 0 Å². The Labute approximate surface area is 172 Å². The number of hydrogen-bond donors (Lipinski definition) is 0. The van der Waals surface area contributed by atoms with E-state index < -0.39 is 0 Å². The Bertz CT molecular complexity index is 1180. The van der Waals surface area contributed by atoms with Crippen molar-refractivity contribution in [2.75, 3.05) is 24.7 Å². The standard InChI is InChI=1S/C20H24ClN5O3/c1-4-29-9-8-24-18(27)16-17(23(3)20(24)28)22-19-25(11-13(2)12-26(16)19)15-7-5-6-14(21)10-15/h5-7,10,13H,4,8-9,11-12H2,1-3H3/t13-/m1/s1. The highest BCUT2D eigenvalue weighted by atomic mass is 35.5. The minimum Gasteiger partial charge on any atom is -0.380 e. The molecule has 3 aromatic rings. The first-order valence-electron chi connectivity index (χ1n) is 9.73. The van der Waals surface area contributed by atoms with Gasteiger partial charge in [0.2, 0.25) is 5.95 Å². The Hall–Kier alpha value is -2.58. The van der Waals surface area contributed by atoms with Gasteiger partial charge in [-0.05, 0) is 31.0 Å². The summed E-state index contributed by atoms with van der Waals surface area (Å²) in [5.74, 6) is 0.933. The third kappa shape index (κ3) is 3.36. The van der Waals surface area contributed by atoms with E-state index in [4.69, 9.17) is 21.3 Å².